The molecule has 25 heavy (non-hydrogen) atoms. The van der Waals surface area contributed by atoms with Gasteiger partial charge in [-0.3, -0.25) is 9.69 Å². The normalized spacial score (nSPS) is 19.8. The Kier molecular flexibility index (Phi) is 4.64. The number of benzene rings is 2. The van der Waals surface area contributed by atoms with Crippen LogP contribution in [0, 0.1) is 5.92 Å². The Balaban J connectivity index is 1.45. The number of piperidine rings is 1. The van der Waals surface area contributed by atoms with Crippen LogP contribution in [-0.4, -0.2) is 30.6 Å². The lowest BCUT2D eigenvalue weighted by Gasteiger charge is -2.32. The molecule has 2 aliphatic heterocycles. The third-order valence-electron chi connectivity index (χ3n) is 4.88. The van der Waals surface area contributed by atoms with E-state index in [1.54, 1.807) is 12.1 Å². The summed E-state index contributed by atoms with van der Waals surface area (Å²) in [5.74, 6) is 1.89. The van der Waals surface area contributed by atoms with E-state index >= 15 is 0 Å². The Morgan fingerprint density at radius 2 is 2.00 bits per heavy atom. The smallest absolute Gasteiger partial charge is 0.231 e. The summed E-state index contributed by atoms with van der Waals surface area (Å²) in [4.78, 5) is 15.1. The van der Waals surface area contributed by atoms with Crippen LogP contribution < -0.4 is 9.47 Å². The van der Waals surface area contributed by atoms with Crippen LogP contribution in [-0.2, 0) is 6.54 Å². The first-order chi connectivity index (χ1) is 12.2. The molecule has 1 fully saturated rings. The van der Waals surface area contributed by atoms with Gasteiger partial charge in [-0.15, -0.1) is 0 Å². The number of likely N-dealkylation sites (tertiary alicyclic amines) is 1. The number of rotatable bonds is 4. The van der Waals surface area contributed by atoms with E-state index in [1.807, 2.05) is 24.3 Å². The maximum absolute atomic E-state index is 12.8. The summed E-state index contributed by atoms with van der Waals surface area (Å²) in [6.07, 6.45) is 1.96. The predicted octanol–water partition coefficient (Wildman–Crippen LogP) is 4.16. The predicted molar refractivity (Wildman–Crippen MR) is 96.3 cm³/mol. The molecule has 4 nitrogen and oxygen atoms in total. The summed E-state index contributed by atoms with van der Waals surface area (Å²) in [5, 5.41) is 0.655. The number of carbonyl (C=O) groups is 1. The molecule has 0 aromatic heterocycles. The molecule has 4 rings (SSSR count). The minimum absolute atomic E-state index is 0.0313. The summed E-state index contributed by atoms with van der Waals surface area (Å²) in [5.41, 5.74) is 1.86. The van der Waals surface area contributed by atoms with Gasteiger partial charge in [0.15, 0.2) is 17.3 Å². The molecular weight excluding hydrogens is 338 g/mol. The molecule has 0 bridgehead atoms. The summed E-state index contributed by atoms with van der Waals surface area (Å²) in [6.45, 7) is 2.82. The molecule has 2 aromatic carbocycles. The number of hydrogen-bond acceptors (Lipinski definition) is 4. The average molecular weight is 358 g/mol. The minimum atomic E-state index is 0.0313. The van der Waals surface area contributed by atoms with Crippen molar-refractivity contribution in [1.29, 1.82) is 0 Å². The summed E-state index contributed by atoms with van der Waals surface area (Å²) >= 11 is 5.92. The highest BCUT2D eigenvalue weighted by Crippen LogP contribution is 2.36. The van der Waals surface area contributed by atoms with Crippen LogP contribution in [0.3, 0.4) is 0 Å². The molecule has 0 aliphatic carbocycles. The van der Waals surface area contributed by atoms with Crippen molar-refractivity contribution in [3.05, 3.63) is 58.6 Å². The van der Waals surface area contributed by atoms with Gasteiger partial charge in [-0.25, -0.2) is 0 Å². The van der Waals surface area contributed by atoms with E-state index < -0.39 is 0 Å². The van der Waals surface area contributed by atoms with Crippen molar-refractivity contribution < 1.29 is 14.3 Å². The third kappa shape index (κ3) is 3.51. The lowest BCUT2D eigenvalue weighted by molar-refractivity contribution is 0.0810. The molecule has 0 amide bonds. The molecule has 130 valence electrons. The molecule has 0 N–H and O–H groups in total. The number of Topliss-reactive ketones (excluding diaryl/α,β-unsaturated/α-hetero) is 1. The Morgan fingerprint density at radius 3 is 2.84 bits per heavy atom. The first-order valence-corrected chi connectivity index (χ1v) is 8.98. The Morgan fingerprint density at radius 1 is 1.16 bits per heavy atom. The van der Waals surface area contributed by atoms with E-state index in [2.05, 4.69) is 11.0 Å². The van der Waals surface area contributed by atoms with Crippen LogP contribution in [0.1, 0.15) is 28.8 Å². The van der Waals surface area contributed by atoms with Gasteiger partial charge in [-0.1, -0.05) is 23.7 Å². The summed E-state index contributed by atoms with van der Waals surface area (Å²) in [7, 11) is 0. The molecule has 0 unspecified atom stereocenters. The number of para-hydroxylation sites is 1. The Bertz CT molecular complexity index is 775. The fourth-order valence-corrected chi connectivity index (χ4v) is 3.75. The maximum Gasteiger partial charge on any atom is 0.231 e. The van der Waals surface area contributed by atoms with Crippen LogP contribution in [0.15, 0.2) is 42.5 Å². The zero-order chi connectivity index (χ0) is 17.2. The second kappa shape index (κ2) is 7.06. The number of carbonyl (C=O) groups excluding carboxylic acids is 1. The van der Waals surface area contributed by atoms with E-state index in [9.17, 15) is 4.79 Å². The number of ether oxygens (including phenoxy) is 2. The summed E-state index contributed by atoms with van der Waals surface area (Å²) in [6, 6.07) is 13.2. The number of hydrogen-bond donors (Lipinski definition) is 0. The Hall–Kier alpha value is -2.04. The van der Waals surface area contributed by atoms with Crippen molar-refractivity contribution in [3.8, 4) is 11.5 Å². The molecule has 1 saturated heterocycles. The highest BCUT2D eigenvalue weighted by atomic mass is 35.5. The zero-order valence-corrected chi connectivity index (χ0v) is 14.7. The van der Waals surface area contributed by atoms with Crippen LogP contribution in [0.4, 0.5) is 0 Å². The highest BCUT2D eigenvalue weighted by Gasteiger charge is 2.28. The molecule has 0 saturated carbocycles. The average Bonchev–Trinajstić information content (AvgIpc) is 3.12. The number of halogens is 1. The van der Waals surface area contributed by atoms with Gasteiger partial charge in [0.25, 0.3) is 0 Å². The van der Waals surface area contributed by atoms with E-state index in [0.29, 0.717) is 5.02 Å². The quantitative estimate of drug-likeness (QED) is 0.770. The van der Waals surface area contributed by atoms with Crippen LogP contribution in [0.25, 0.3) is 0 Å². The van der Waals surface area contributed by atoms with Crippen molar-refractivity contribution in [2.75, 3.05) is 19.9 Å². The molecule has 5 heteroatoms. The van der Waals surface area contributed by atoms with Gasteiger partial charge in [0.2, 0.25) is 6.79 Å². The van der Waals surface area contributed by atoms with E-state index in [-0.39, 0.29) is 18.5 Å². The van der Waals surface area contributed by atoms with Gasteiger partial charge in [-0.05, 0) is 49.7 Å². The second-order valence-electron chi connectivity index (χ2n) is 6.60. The first kappa shape index (κ1) is 16.4. The zero-order valence-electron chi connectivity index (χ0n) is 13.9. The molecule has 2 aromatic rings. The first-order valence-electron chi connectivity index (χ1n) is 8.60. The molecule has 0 radical (unpaired) electrons. The Labute approximate surface area is 152 Å². The SMILES string of the molecule is O=C(c1ccc(Cl)cc1)[C@H]1CCCN(Cc2cccc3c2OCO3)C1. The highest BCUT2D eigenvalue weighted by molar-refractivity contribution is 6.30. The topological polar surface area (TPSA) is 38.8 Å². The van der Waals surface area contributed by atoms with Gasteiger partial charge in [-0.2, -0.15) is 0 Å². The molecule has 0 spiro atoms. The van der Waals surface area contributed by atoms with Crippen molar-refractivity contribution in [1.82, 2.24) is 4.90 Å². The van der Waals surface area contributed by atoms with Gasteiger partial charge in [0.05, 0.1) is 0 Å². The van der Waals surface area contributed by atoms with Gasteiger partial charge < -0.3 is 9.47 Å². The van der Waals surface area contributed by atoms with E-state index in [0.717, 1.165) is 55.1 Å². The van der Waals surface area contributed by atoms with Crippen molar-refractivity contribution in [2.24, 2.45) is 5.92 Å². The van der Waals surface area contributed by atoms with Crippen LogP contribution >= 0.6 is 11.6 Å². The van der Waals surface area contributed by atoms with E-state index in [4.69, 9.17) is 21.1 Å². The lowest BCUT2D eigenvalue weighted by Crippen LogP contribution is -2.38. The van der Waals surface area contributed by atoms with Gasteiger partial charge in [0, 0.05) is 35.2 Å². The number of nitrogens with zero attached hydrogens (tertiary/aromatic N) is 1. The number of ketones is 1. The van der Waals surface area contributed by atoms with Crippen LogP contribution in [0.2, 0.25) is 5.02 Å². The molecule has 1 atom stereocenters. The fraction of sp³-hybridized carbons (Fsp3) is 0.350. The monoisotopic (exact) mass is 357 g/mol. The van der Waals surface area contributed by atoms with Crippen LogP contribution in [0.5, 0.6) is 11.5 Å². The lowest BCUT2D eigenvalue weighted by atomic mass is 9.90. The summed E-state index contributed by atoms with van der Waals surface area (Å²) < 4.78 is 11.0. The molecule has 2 aliphatic rings. The van der Waals surface area contributed by atoms with Crippen molar-refractivity contribution >= 4 is 17.4 Å². The van der Waals surface area contributed by atoms with Gasteiger partial charge >= 0.3 is 0 Å². The van der Waals surface area contributed by atoms with Crippen molar-refractivity contribution in [3.63, 3.8) is 0 Å². The second-order valence-corrected chi connectivity index (χ2v) is 7.03. The van der Waals surface area contributed by atoms with Gasteiger partial charge in [0.1, 0.15) is 0 Å². The molecular formula is C20H20ClNO3. The molecule has 2 heterocycles. The number of fused-ring (bicyclic) bond motifs is 1. The largest absolute Gasteiger partial charge is 0.454 e. The van der Waals surface area contributed by atoms with Crippen molar-refractivity contribution in [2.45, 2.75) is 19.4 Å². The fourth-order valence-electron chi connectivity index (χ4n) is 3.62. The minimum Gasteiger partial charge on any atom is -0.454 e. The standard InChI is InChI=1S/C20H20ClNO3/c21-17-8-6-14(7-9-17)19(23)15-4-2-10-22(11-15)12-16-3-1-5-18-20(16)25-13-24-18/h1,3,5-9,15H,2,4,10-13H2/t15-/m0/s1. The maximum atomic E-state index is 12.8. The van der Waals surface area contributed by atoms with E-state index in [1.165, 1.54) is 0 Å². The third-order valence-corrected chi connectivity index (χ3v) is 5.13.